The summed E-state index contributed by atoms with van der Waals surface area (Å²) in [6.07, 6.45) is 1.69. The predicted octanol–water partition coefficient (Wildman–Crippen LogP) is 2.63. The fraction of sp³-hybridized carbons (Fsp3) is 0.583. The molecule has 0 unspecified atom stereocenters. The fourth-order valence-electron chi connectivity index (χ4n) is 1.72. The summed E-state index contributed by atoms with van der Waals surface area (Å²) in [6, 6.07) is 3.97. The van der Waals surface area contributed by atoms with Gasteiger partial charge in [0.25, 0.3) is 0 Å². The lowest BCUT2D eigenvalue weighted by atomic mass is 9.83. The highest BCUT2D eigenvalue weighted by Gasteiger charge is 2.27. The van der Waals surface area contributed by atoms with E-state index in [2.05, 4.69) is 40.7 Å². The zero-order valence-corrected chi connectivity index (χ0v) is 9.70. The molecule has 0 spiro atoms. The van der Waals surface area contributed by atoms with Crippen LogP contribution >= 0.6 is 0 Å². The summed E-state index contributed by atoms with van der Waals surface area (Å²) < 4.78 is 1.24. The number of rotatable bonds is 1. The molecule has 78 valence electrons. The van der Waals surface area contributed by atoms with Crippen LogP contribution in [0.1, 0.15) is 51.8 Å². The van der Waals surface area contributed by atoms with E-state index in [0.717, 1.165) is 5.69 Å². The molecular formula is C12H20NO+. The van der Waals surface area contributed by atoms with Crippen molar-refractivity contribution in [2.24, 2.45) is 0 Å². The number of hydrogen-bond acceptors (Lipinski definition) is 1. The van der Waals surface area contributed by atoms with Crippen LogP contribution < -0.4 is 4.73 Å². The first kappa shape index (κ1) is 11.0. The Bertz CT molecular complexity index is 324. The lowest BCUT2D eigenvalue weighted by Gasteiger charge is -2.20. The standard InChI is InChI=1S/C12H20NO/c1-9(2)11-10(12(3,4)5)7-6-8-13(11)14/h6-9,14H,1-5H3/q+1. The predicted molar refractivity (Wildman–Crippen MR) is 56.6 cm³/mol. The Labute approximate surface area is 86.2 Å². The van der Waals surface area contributed by atoms with Crippen LogP contribution in [-0.2, 0) is 5.41 Å². The van der Waals surface area contributed by atoms with Crippen LogP contribution in [0.5, 0.6) is 0 Å². The van der Waals surface area contributed by atoms with Gasteiger partial charge < -0.3 is 0 Å². The van der Waals surface area contributed by atoms with Gasteiger partial charge in [-0.05, 0) is 11.5 Å². The molecule has 14 heavy (non-hydrogen) atoms. The maximum absolute atomic E-state index is 9.74. The van der Waals surface area contributed by atoms with Crippen LogP contribution in [-0.4, -0.2) is 5.21 Å². The minimum Gasteiger partial charge on any atom is -0.285 e. The van der Waals surface area contributed by atoms with Gasteiger partial charge in [-0.1, -0.05) is 34.6 Å². The van der Waals surface area contributed by atoms with Crippen molar-refractivity contribution in [2.45, 2.75) is 46.0 Å². The summed E-state index contributed by atoms with van der Waals surface area (Å²) in [5.74, 6) is 0.329. The van der Waals surface area contributed by atoms with E-state index >= 15 is 0 Å². The van der Waals surface area contributed by atoms with Gasteiger partial charge >= 0.3 is 0 Å². The van der Waals surface area contributed by atoms with Crippen molar-refractivity contribution in [1.29, 1.82) is 0 Å². The third kappa shape index (κ3) is 2.06. The Morgan fingerprint density at radius 3 is 2.21 bits per heavy atom. The average Bonchev–Trinajstić information content (AvgIpc) is 2.01. The summed E-state index contributed by atoms with van der Waals surface area (Å²) in [5.41, 5.74) is 2.28. The van der Waals surface area contributed by atoms with Gasteiger partial charge in [-0.25, -0.2) is 0 Å². The van der Waals surface area contributed by atoms with Gasteiger partial charge in [0, 0.05) is 22.3 Å². The molecule has 1 heterocycles. The second-order valence-corrected chi connectivity index (χ2v) is 5.06. The van der Waals surface area contributed by atoms with E-state index in [-0.39, 0.29) is 5.41 Å². The zero-order chi connectivity index (χ0) is 10.9. The molecule has 2 heteroatoms. The zero-order valence-electron chi connectivity index (χ0n) is 9.70. The molecule has 2 nitrogen and oxygen atoms in total. The maximum Gasteiger partial charge on any atom is 0.240 e. The van der Waals surface area contributed by atoms with Crippen molar-refractivity contribution < 1.29 is 9.94 Å². The molecule has 0 atom stereocenters. The van der Waals surface area contributed by atoms with Gasteiger partial charge in [0.05, 0.1) is 0 Å². The molecule has 0 aliphatic carbocycles. The summed E-state index contributed by atoms with van der Waals surface area (Å²) in [7, 11) is 0. The molecule has 1 aromatic heterocycles. The first-order chi connectivity index (χ1) is 6.34. The van der Waals surface area contributed by atoms with Crippen molar-refractivity contribution in [3.8, 4) is 0 Å². The molecule has 0 aliphatic rings. The van der Waals surface area contributed by atoms with E-state index in [0.29, 0.717) is 5.92 Å². The van der Waals surface area contributed by atoms with Gasteiger partial charge in [-0.2, -0.15) is 0 Å². The van der Waals surface area contributed by atoms with Crippen LogP contribution in [0.15, 0.2) is 18.3 Å². The molecule has 0 aliphatic heterocycles. The highest BCUT2D eigenvalue weighted by atomic mass is 16.5. The quantitative estimate of drug-likeness (QED) is 0.539. The van der Waals surface area contributed by atoms with Gasteiger partial charge in [-0.15, -0.1) is 0 Å². The van der Waals surface area contributed by atoms with Crippen LogP contribution in [0, 0.1) is 0 Å². The Hall–Kier alpha value is -1.05. The van der Waals surface area contributed by atoms with E-state index in [1.807, 2.05) is 6.07 Å². The monoisotopic (exact) mass is 194 g/mol. The van der Waals surface area contributed by atoms with Crippen LogP contribution in [0.4, 0.5) is 0 Å². The fourth-order valence-corrected chi connectivity index (χ4v) is 1.72. The molecule has 0 saturated heterocycles. The molecule has 0 amide bonds. The van der Waals surface area contributed by atoms with E-state index in [1.165, 1.54) is 10.3 Å². The summed E-state index contributed by atoms with van der Waals surface area (Å²) in [4.78, 5) is 0. The number of hydrogen-bond donors (Lipinski definition) is 1. The molecule has 1 aromatic rings. The van der Waals surface area contributed by atoms with Crippen molar-refractivity contribution in [3.63, 3.8) is 0 Å². The van der Waals surface area contributed by atoms with Crippen molar-refractivity contribution in [1.82, 2.24) is 0 Å². The number of aromatic nitrogens is 1. The number of nitrogens with zero attached hydrogens (tertiary/aromatic N) is 1. The molecule has 0 radical (unpaired) electrons. The summed E-state index contributed by atoms with van der Waals surface area (Å²) in [6.45, 7) is 10.7. The lowest BCUT2D eigenvalue weighted by Crippen LogP contribution is -2.38. The van der Waals surface area contributed by atoms with Gasteiger partial charge in [0.2, 0.25) is 11.9 Å². The van der Waals surface area contributed by atoms with E-state index in [1.54, 1.807) is 6.20 Å². The molecule has 0 aromatic carbocycles. The molecular weight excluding hydrogens is 174 g/mol. The Balaban J connectivity index is 3.36. The van der Waals surface area contributed by atoms with Crippen molar-refractivity contribution in [3.05, 3.63) is 29.6 Å². The summed E-state index contributed by atoms with van der Waals surface area (Å²) >= 11 is 0. The second-order valence-electron chi connectivity index (χ2n) is 5.06. The minimum atomic E-state index is 0.0747. The highest BCUT2D eigenvalue weighted by molar-refractivity contribution is 5.25. The second kappa shape index (κ2) is 3.60. The lowest BCUT2D eigenvalue weighted by molar-refractivity contribution is -0.910. The molecule has 0 bridgehead atoms. The normalized spacial score (nSPS) is 12.1. The van der Waals surface area contributed by atoms with Crippen LogP contribution in [0.25, 0.3) is 0 Å². The topological polar surface area (TPSA) is 24.1 Å². The molecule has 0 fully saturated rings. The Morgan fingerprint density at radius 1 is 1.29 bits per heavy atom. The smallest absolute Gasteiger partial charge is 0.240 e. The van der Waals surface area contributed by atoms with E-state index in [4.69, 9.17) is 0 Å². The largest absolute Gasteiger partial charge is 0.285 e. The van der Waals surface area contributed by atoms with Crippen LogP contribution in [0.2, 0.25) is 0 Å². The summed E-state index contributed by atoms with van der Waals surface area (Å²) in [5, 5.41) is 9.74. The number of pyridine rings is 1. The maximum atomic E-state index is 9.74. The molecule has 1 rings (SSSR count). The van der Waals surface area contributed by atoms with Gasteiger partial charge in [0.15, 0.2) is 0 Å². The Kier molecular flexibility index (Phi) is 2.84. The minimum absolute atomic E-state index is 0.0747. The Morgan fingerprint density at radius 2 is 1.86 bits per heavy atom. The highest BCUT2D eigenvalue weighted by Crippen LogP contribution is 2.27. The van der Waals surface area contributed by atoms with Crippen LogP contribution in [0.3, 0.4) is 0 Å². The molecule has 1 N–H and O–H groups in total. The van der Waals surface area contributed by atoms with E-state index in [9.17, 15) is 5.21 Å². The first-order valence-electron chi connectivity index (χ1n) is 5.08. The van der Waals surface area contributed by atoms with Crippen molar-refractivity contribution >= 4 is 0 Å². The first-order valence-corrected chi connectivity index (χ1v) is 5.08. The molecule has 0 saturated carbocycles. The van der Waals surface area contributed by atoms with Gasteiger partial charge in [-0.3, -0.25) is 5.21 Å². The third-order valence-electron chi connectivity index (χ3n) is 2.37. The third-order valence-corrected chi connectivity index (χ3v) is 2.37. The average molecular weight is 194 g/mol. The SMILES string of the molecule is CC(C)c1c(C(C)(C)C)ccc[n+]1O. The van der Waals surface area contributed by atoms with E-state index < -0.39 is 0 Å². The van der Waals surface area contributed by atoms with Crippen molar-refractivity contribution in [2.75, 3.05) is 0 Å². The van der Waals surface area contributed by atoms with Gasteiger partial charge in [0.1, 0.15) is 0 Å².